The van der Waals surface area contributed by atoms with E-state index in [-0.39, 0.29) is 0 Å². The molecule has 0 fully saturated rings. The summed E-state index contributed by atoms with van der Waals surface area (Å²) in [6, 6.07) is 6.70. The van der Waals surface area contributed by atoms with Crippen LogP contribution in [0.3, 0.4) is 0 Å². The van der Waals surface area contributed by atoms with E-state index in [9.17, 15) is 0 Å². The van der Waals surface area contributed by atoms with E-state index >= 15 is 0 Å². The van der Waals surface area contributed by atoms with Gasteiger partial charge >= 0.3 is 0 Å². The molecule has 0 radical (unpaired) electrons. The predicted molar refractivity (Wildman–Crippen MR) is 73.7 cm³/mol. The van der Waals surface area contributed by atoms with Gasteiger partial charge in [0, 0.05) is 22.5 Å². The van der Waals surface area contributed by atoms with E-state index in [1.165, 1.54) is 21.7 Å². The maximum absolute atomic E-state index is 4.21. The van der Waals surface area contributed by atoms with Crippen LogP contribution >= 0.6 is 11.8 Å². The third-order valence-electron chi connectivity index (χ3n) is 2.59. The lowest BCUT2D eigenvalue weighted by Gasteiger charge is -2.04. The van der Waals surface area contributed by atoms with Crippen molar-refractivity contribution in [2.75, 3.05) is 5.75 Å². The smallest absolute Gasteiger partial charge is 0.103 e. The fourth-order valence-corrected chi connectivity index (χ4v) is 2.99. The minimum atomic E-state index is 0.997. The lowest BCUT2D eigenvalue weighted by Crippen LogP contribution is -1.89. The molecule has 1 N–H and O–H groups in total. The van der Waals surface area contributed by atoms with Gasteiger partial charge in [0.1, 0.15) is 5.82 Å². The van der Waals surface area contributed by atoms with Gasteiger partial charge in [-0.15, -0.1) is 11.8 Å². The molecule has 0 saturated carbocycles. The second-order valence-corrected chi connectivity index (χ2v) is 5.58. The standard InChI is InChI=1S/C14H18N2S/c1-10-6-11(2)8-14(7-10)17-5-4-13-9-15-12(3)16-13/h6-9H,4-5H2,1-3H3,(H,15,16). The maximum Gasteiger partial charge on any atom is 0.103 e. The van der Waals surface area contributed by atoms with Crippen molar-refractivity contribution in [3.63, 3.8) is 0 Å². The molecule has 1 aromatic carbocycles. The predicted octanol–water partition coefficient (Wildman–Crippen LogP) is 3.67. The molecule has 1 heterocycles. The van der Waals surface area contributed by atoms with Crippen LogP contribution in [0.2, 0.25) is 0 Å². The van der Waals surface area contributed by atoms with Crippen molar-refractivity contribution < 1.29 is 0 Å². The molecule has 2 rings (SSSR count). The highest BCUT2D eigenvalue weighted by molar-refractivity contribution is 7.99. The SMILES string of the molecule is Cc1cc(C)cc(SCCc2cnc(C)[nH]2)c1. The maximum atomic E-state index is 4.21. The van der Waals surface area contributed by atoms with E-state index in [0.717, 1.165) is 18.0 Å². The number of aryl methyl sites for hydroxylation is 4. The van der Waals surface area contributed by atoms with Gasteiger partial charge in [-0.3, -0.25) is 0 Å². The minimum Gasteiger partial charge on any atom is -0.346 e. The Balaban J connectivity index is 1.89. The Hall–Kier alpha value is -1.22. The van der Waals surface area contributed by atoms with Crippen molar-refractivity contribution in [2.45, 2.75) is 32.1 Å². The molecule has 1 aromatic heterocycles. The van der Waals surface area contributed by atoms with Crippen LogP contribution in [0.5, 0.6) is 0 Å². The van der Waals surface area contributed by atoms with E-state index in [1.54, 1.807) is 0 Å². The molecule has 3 heteroatoms. The van der Waals surface area contributed by atoms with Gasteiger partial charge in [-0.1, -0.05) is 6.07 Å². The molecule has 0 bridgehead atoms. The second kappa shape index (κ2) is 5.41. The average Bonchev–Trinajstić information content (AvgIpc) is 2.63. The summed E-state index contributed by atoms with van der Waals surface area (Å²) in [6.07, 6.45) is 2.97. The van der Waals surface area contributed by atoms with Crippen molar-refractivity contribution >= 4 is 11.8 Å². The minimum absolute atomic E-state index is 0.997. The molecule has 17 heavy (non-hydrogen) atoms. The molecule has 0 aliphatic heterocycles. The van der Waals surface area contributed by atoms with Crippen molar-refractivity contribution in [3.8, 4) is 0 Å². The number of nitrogens with zero attached hydrogens (tertiary/aromatic N) is 1. The normalized spacial score (nSPS) is 10.8. The zero-order valence-electron chi connectivity index (χ0n) is 10.6. The van der Waals surface area contributed by atoms with Gasteiger partial charge in [0.05, 0.1) is 0 Å². The summed E-state index contributed by atoms with van der Waals surface area (Å²) >= 11 is 1.91. The summed E-state index contributed by atoms with van der Waals surface area (Å²) in [5.74, 6) is 2.08. The van der Waals surface area contributed by atoms with Gasteiger partial charge in [0.15, 0.2) is 0 Å². The van der Waals surface area contributed by atoms with Crippen LogP contribution in [0.1, 0.15) is 22.6 Å². The second-order valence-electron chi connectivity index (χ2n) is 4.42. The molecule has 2 nitrogen and oxygen atoms in total. The summed E-state index contributed by atoms with van der Waals surface area (Å²) in [5, 5.41) is 0. The van der Waals surface area contributed by atoms with Crippen LogP contribution < -0.4 is 0 Å². The first-order valence-corrected chi connectivity index (χ1v) is 6.83. The summed E-state index contributed by atoms with van der Waals surface area (Å²) < 4.78 is 0. The molecular formula is C14H18N2S. The number of rotatable bonds is 4. The van der Waals surface area contributed by atoms with Crippen molar-refractivity contribution in [3.05, 3.63) is 47.0 Å². The van der Waals surface area contributed by atoms with Crippen LogP contribution in [0.4, 0.5) is 0 Å². The molecule has 0 amide bonds. The van der Waals surface area contributed by atoms with Crippen molar-refractivity contribution in [1.29, 1.82) is 0 Å². The number of H-pyrrole nitrogens is 1. The van der Waals surface area contributed by atoms with E-state index < -0.39 is 0 Å². The summed E-state index contributed by atoms with van der Waals surface area (Å²) in [5.41, 5.74) is 3.90. The third kappa shape index (κ3) is 3.63. The van der Waals surface area contributed by atoms with Gasteiger partial charge in [0.2, 0.25) is 0 Å². The monoisotopic (exact) mass is 246 g/mol. The van der Waals surface area contributed by atoms with Crippen LogP contribution in [0, 0.1) is 20.8 Å². The van der Waals surface area contributed by atoms with Crippen molar-refractivity contribution in [1.82, 2.24) is 9.97 Å². The molecule has 0 atom stereocenters. The molecule has 90 valence electrons. The number of benzene rings is 1. The Morgan fingerprint density at radius 3 is 2.41 bits per heavy atom. The van der Waals surface area contributed by atoms with E-state index in [2.05, 4.69) is 42.0 Å². The molecule has 0 aliphatic carbocycles. The van der Waals surface area contributed by atoms with Crippen molar-refractivity contribution in [2.24, 2.45) is 0 Å². The Bertz CT molecular complexity index is 482. The quantitative estimate of drug-likeness (QED) is 0.834. The van der Waals surface area contributed by atoms with Crippen LogP contribution in [0.15, 0.2) is 29.3 Å². The number of aromatic amines is 1. The average molecular weight is 246 g/mol. The number of nitrogens with one attached hydrogen (secondary N) is 1. The first kappa shape index (κ1) is 12.2. The highest BCUT2D eigenvalue weighted by atomic mass is 32.2. The fraction of sp³-hybridized carbons (Fsp3) is 0.357. The first-order valence-electron chi connectivity index (χ1n) is 5.85. The Morgan fingerprint density at radius 1 is 1.12 bits per heavy atom. The topological polar surface area (TPSA) is 28.7 Å². The number of thioether (sulfide) groups is 1. The van der Waals surface area contributed by atoms with Gasteiger partial charge < -0.3 is 4.98 Å². The number of hydrogen-bond acceptors (Lipinski definition) is 2. The summed E-state index contributed by atoms with van der Waals surface area (Å²) in [6.45, 7) is 6.28. The lowest BCUT2D eigenvalue weighted by molar-refractivity contribution is 1.05. The molecular weight excluding hydrogens is 228 g/mol. The zero-order valence-corrected chi connectivity index (χ0v) is 11.4. The molecule has 0 unspecified atom stereocenters. The fourth-order valence-electron chi connectivity index (χ4n) is 1.89. The largest absolute Gasteiger partial charge is 0.346 e. The lowest BCUT2D eigenvalue weighted by atomic mass is 10.2. The van der Waals surface area contributed by atoms with Gasteiger partial charge in [-0.05, 0) is 50.5 Å². The number of aromatic nitrogens is 2. The molecule has 0 saturated heterocycles. The first-order chi connectivity index (χ1) is 8.13. The zero-order chi connectivity index (χ0) is 12.3. The van der Waals surface area contributed by atoms with Crippen LogP contribution in [-0.4, -0.2) is 15.7 Å². The molecule has 0 aliphatic rings. The van der Waals surface area contributed by atoms with E-state index in [0.29, 0.717) is 0 Å². The summed E-state index contributed by atoms with van der Waals surface area (Å²) in [4.78, 5) is 8.83. The van der Waals surface area contributed by atoms with Gasteiger partial charge in [-0.2, -0.15) is 0 Å². The number of hydrogen-bond donors (Lipinski definition) is 1. The van der Waals surface area contributed by atoms with Crippen LogP contribution in [0.25, 0.3) is 0 Å². The Labute approximate surface area is 107 Å². The van der Waals surface area contributed by atoms with Crippen LogP contribution in [-0.2, 0) is 6.42 Å². The third-order valence-corrected chi connectivity index (χ3v) is 3.57. The Morgan fingerprint density at radius 2 is 1.82 bits per heavy atom. The summed E-state index contributed by atoms with van der Waals surface area (Å²) in [7, 11) is 0. The van der Waals surface area contributed by atoms with Gasteiger partial charge in [0.25, 0.3) is 0 Å². The number of imidazole rings is 1. The van der Waals surface area contributed by atoms with Gasteiger partial charge in [-0.25, -0.2) is 4.98 Å². The Kier molecular flexibility index (Phi) is 3.89. The van der Waals surface area contributed by atoms with E-state index in [4.69, 9.17) is 0 Å². The highest BCUT2D eigenvalue weighted by Gasteiger charge is 2.00. The molecule has 2 aromatic rings. The highest BCUT2D eigenvalue weighted by Crippen LogP contribution is 2.21. The van der Waals surface area contributed by atoms with E-state index in [1.807, 2.05) is 24.9 Å². The molecule has 0 spiro atoms.